The molecule has 1 heterocycles. The van der Waals surface area contributed by atoms with Crippen molar-refractivity contribution in [3.63, 3.8) is 0 Å². The Morgan fingerprint density at radius 2 is 2.18 bits per heavy atom. The molecular weight excluding hydrogens is 300 g/mol. The van der Waals surface area contributed by atoms with Crippen molar-refractivity contribution in [3.05, 3.63) is 33.2 Å². The van der Waals surface area contributed by atoms with Crippen LogP contribution in [0.2, 0.25) is 0 Å². The molecule has 0 unspecified atom stereocenters. The lowest BCUT2D eigenvalue weighted by Gasteiger charge is -2.08. The molecule has 7 heteroatoms. The smallest absolute Gasteiger partial charge is 0.310 e. The maximum absolute atomic E-state index is 12.6. The van der Waals surface area contributed by atoms with Crippen LogP contribution < -0.4 is 5.56 Å². The second kappa shape index (κ2) is 5.90. The molecule has 0 aromatic carbocycles. The number of ether oxygens (including phenoxy) is 1. The second-order valence-corrected chi connectivity index (χ2v) is 3.81. The van der Waals surface area contributed by atoms with Crippen LogP contribution in [-0.2, 0) is 21.3 Å². The molecule has 0 amide bonds. The van der Waals surface area contributed by atoms with Gasteiger partial charge in [0, 0.05) is 10.9 Å². The van der Waals surface area contributed by atoms with Gasteiger partial charge in [0.05, 0.1) is 19.2 Å². The Morgan fingerprint density at radius 1 is 1.53 bits per heavy atom. The van der Waals surface area contributed by atoms with Crippen LogP contribution in [0.15, 0.2) is 10.9 Å². The summed E-state index contributed by atoms with van der Waals surface area (Å²) in [6, 6.07) is 1.28. The third kappa shape index (κ3) is 3.36. The standard InChI is InChI=1S/C10H10BrF2NO3/c1-17-7(15)3-5-2-6(4-11)8(9(12)13)14-10(5)16/h2,9H,3-4H2,1H3,(H,14,16). The van der Waals surface area contributed by atoms with Gasteiger partial charge in [0.25, 0.3) is 12.0 Å². The fourth-order valence-corrected chi connectivity index (χ4v) is 1.76. The molecule has 0 saturated carbocycles. The zero-order valence-corrected chi connectivity index (χ0v) is 10.5. The van der Waals surface area contributed by atoms with Crippen LogP contribution in [0, 0.1) is 0 Å². The topological polar surface area (TPSA) is 59.2 Å². The number of aromatic nitrogens is 1. The molecule has 0 atom stereocenters. The van der Waals surface area contributed by atoms with Gasteiger partial charge < -0.3 is 9.72 Å². The molecule has 0 aliphatic rings. The Hall–Kier alpha value is -1.24. The first kappa shape index (κ1) is 13.8. The minimum atomic E-state index is -2.76. The van der Waals surface area contributed by atoms with Crippen LogP contribution in [0.25, 0.3) is 0 Å². The van der Waals surface area contributed by atoms with E-state index in [4.69, 9.17) is 0 Å². The fourth-order valence-electron chi connectivity index (χ4n) is 1.30. The number of pyridine rings is 1. The van der Waals surface area contributed by atoms with Crippen molar-refractivity contribution < 1.29 is 18.3 Å². The highest BCUT2D eigenvalue weighted by molar-refractivity contribution is 9.08. The average molecular weight is 310 g/mol. The quantitative estimate of drug-likeness (QED) is 0.683. The highest BCUT2D eigenvalue weighted by atomic mass is 79.9. The van der Waals surface area contributed by atoms with Crippen LogP contribution in [-0.4, -0.2) is 18.1 Å². The molecule has 1 rings (SSSR count). The third-order valence-corrected chi connectivity index (χ3v) is 2.76. The summed E-state index contributed by atoms with van der Waals surface area (Å²) in [5.41, 5.74) is -0.773. The van der Waals surface area contributed by atoms with E-state index in [1.807, 2.05) is 0 Å². The van der Waals surface area contributed by atoms with Gasteiger partial charge in [-0.1, -0.05) is 15.9 Å². The van der Waals surface area contributed by atoms with Crippen molar-refractivity contribution in [2.75, 3.05) is 7.11 Å². The zero-order valence-electron chi connectivity index (χ0n) is 8.93. The minimum Gasteiger partial charge on any atom is -0.469 e. The van der Waals surface area contributed by atoms with Crippen LogP contribution >= 0.6 is 15.9 Å². The summed E-state index contributed by atoms with van der Waals surface area (Å²) in [7, 11) is 1.19. The largest absolute Gasteiger partial charge is 0.469 e. The number of hydrogen-bond donors (Lipinski definition) is 1. The maximum atomic E-state index is 12.6. The number of hydrogen-bond acceptors (Lipinski definition) is 3. The lowest BCUT2D eigenvalue weighted by Crippen LogP contribution is -2.20. The molecule has 0 fully saturated rings. The van der Waals surface area contributed by atoms with E-state index < -0.39 is 23.6 Å². The zero-order chi connectivity index (χ0) is 13.0. The van der Waals surface area contributed by atoms with Crippen molar-refractivity contribution >= 4 is 21.9 Å². The highest BCUT2D eigenvalue weighted by Crippen LogP contribution is 2.22. The van der Waals surface area contributed by atoms with E-state index in [0.717, 1.165) is 0 Å². The molecule has 17 heavy (non-hydrogen) atoms. The number of nitrogens with one attached hydrogen (secondary N) is 1. The molecule has 0 bridgehead atoms. The van der Waals surface area contributed by atoms with Gasteiger partial charge in [-0.05, 0) is 11.6 Å². The molecule has 1 aromatic rings. The summed E-state index contributed by atoms with van der Waals surface area (Å²) in [5, 5.41) is 0.164. The predicted molar refractivity (Wildman–Crippen MR) is 60.4 cm³/mol. The van der Waals surface area contributed by atoms with Crippen LogP contribution in [0.3, 0.4) is 0 Å². The molecule has 0 aliphatic carbocycles. The van der Waals surface area contributed by atoms with Crippen LogP contribution in [0.4, 0.5) is 8.78 Å². The molecule has 0 radical (unpaired) electrons. The second-order valence-electron chi connectivity index (χ2n) is 3.25. The normalized spacial score (nSPS) is 10.6. The van der Waals surface area contributed by atoms with Gasteiger partial charge in [-0.25, -0.2) is 8.78 Å². The lowest BCUT2D eigenvalue weighted by atomic mass is 10.1. The molecule has 0 aliphatic heterocycles. The van der Waals surface area contributed by atoms with E-state index in [2.05, 4.69) is 25.7 Å². The van der Waals surface area contributed by atoms with Gasteiger partial charge in [-0.2, -0.15) is 0 Å². The molecule has 1 N–H and O–H groups in total. The molecular formula is C10H10BrF2NO3. The highest BCUT2D eigenvalue weighted by Gasteiger charge is 2.17. The van der Waals surface area contributed by atoms with Gasteiger partial charge in [-0.3, -0.25) is 9.59 Å². The number of alkyl halides is 3. The number of halogens is 3. The Balaban J connectivity index is 3.18. The van der Waals surface area contributed by atoms with Gasteiger partial charge >= 0.3 is 5.97 Å². The number of carbonyl (C=O) groups excluding carboxylic acids is 1. The van der Waals surface area contributed by atoms with E-state index in [-0.39, 0.29) is 22.9 Å². The first-order chi connectivity index (χ1) is 7.99. The van der Waals surface area contributed by atoms with E-state index in [0.29, 0.717) is 0 Å². The SMILES string of the molecule is COC(=O)Cc1cc(CBr)c(C(F)F)[nH]c1=O. The van der Waals surface area contributed by atoms with Gasteiger partial charge in [0.2, 0.25) is 0 Å². The molecule has 1 aromatic heterocycles. The van der Waals surface area contributed by atoms with Gasteiger partial charge in [-0.15, -0.1) is 0 Å². The number of rotatable bonds is 4. The minimum absolute atomic E-state index is 0.107. The molecule has 0 spiro atoms. The summed E-state index contributed by atoms with van der Waals surface area (Å²) >= 11 is 3.05. The van der Waals surface area contributed by atoms with Gasteiger partial charge in [0.1, 0.15) is 0 Å². The van der Waals surface area contributed by atoms with E-state index in [1.54, 1.807) is 0 Å². The van der Waals surface area contributed by atoms with Crippen LogP contribution in [0.5, 0.6) is 0 Å². The molecule has 94 valence electrons. The number of esters is 1. The maximum Gasteiger partial charge on any atom is 0.310 e. The Bertz CT molecular complexity index is 473. The van der Waals surface area contributed by atoms with E-state index in [9.17, 15) is 18.4 Å². The number of aromatic amines is 1. The number of carbonyl (C=O) groups is 1. The van der Waals surface area contributed by atoms with E-state index >= 15 is 0 Å². The van der Waals surface area contributed by atoms with Gasteiger partial charge in [0.15, 0.2) is 0 Å². The van der Waals surface area contributed by atoms with Crippen molar-refractivity contribution in [1.29, 1.82) is 0 Å². The summed E-state index contributed by atoms with van der Waals surface area (Å²) < 4.78 is 29.6. The monoisotopic (exact) mass is 309 g/mol. The Labute approximate surface area is 104 Å². The van der Waals surface area contributed by atoms with Crippen LogP contribution in [0.1, 0.15) is 23.2 Å². The van der Waals surface area contributed by atoms with Crippen molar-refractivity contribution in [3.8, 4) is 0 Å². The van der Waals surface area contributed by atoms with Crippen molar-refractivity contribution in [2.24, 2.45) is 0 Å². The predicted octanol–water partition coefficient (Wildman–Crippen LogP) is 1.92. The first-order valence-corrected chi connectivity index (χ1v) is 5.77. The lowest BCUT2D eigenvalue weighted by molar-refractivity contribution is -0.139. The summed E-state index contributed by atoms with van der Waals surface area (Å²) in [6.07, 6.45) is -3.00. The molecule has 4 nitrogen and oxygen atoms in total. The summed E-state index contributed by atoms with van der Waals surface area (Å²) in [4.78, 5) is 24.6. The average Bonchev–Trinajstić information content (AvgIpc) is 2.30. The summed E-state index contributed by atoms with van der Waals surface area (Å²) in [6.45, 7) is 0. The Kier molecular flexibility index (Phi) is 4.80. The van der Waals surface area contributed by atoms with Crippen molar-refractivity contribution in [1.82, 2.24) is 4.98 Å². The third-order valence-electron chi connectivity index (χ3n) is 2.16. The number of methoxy groups -OCH3 is 1. The van der Waals surface area contributed by atoms with E-state index in [1.165, 1.54) is 13.2 Å². The Morgan fingerprint density at radius 3 is 2.65 bits per heavy atom. The molecule has 0 saturated heterocycles. The first-order valence-electron chi connectivity index (χ1n) is 4.65. The number of H-pyrrole nitrogens is 1. The van der Waals surface area contributed by atoms with Crippen molar-refractivity contribution in [2.45, 2.75) is 18.2 Å². The summed E-state index contributed by atoms with van der Waals surface area (Å²) in [5.74, 6) is -0.596. The fraction of sp³-hybridized carbons (Fsp3) is 0.400.